The Morgan fingerprint density at radius 2 is 1.68 bits per heavy atom. The van der Waals surface area contributed by atoms with E-state index < -0.39 is 29.1 Å². The summed E-state index contributed by atoms with van der Waals surface area (Å²) in [5.41, 5.74) is 4.06. The predicted octanol–water partition coefficient (Wildman–Crippen LogP) is 1.29. The average molecular weight is 317 g/mol. The summed E-state index contributed by atoms with van der Waals surface area (Å²) in [5.74, 6) is -1.06. The van der Waals surface area contributed by atoms with Crippen molar-refractivity contribution in [3.05, 3.63) is 35.4 Å². The monoisotopic (exact) mass is 317 g/mol. The molecule has 8 heteroatoms. The number of nitrogens with two attached hydrogens (primary N) is 1. The van der Waals surface area contributed by atoms with Gasteiger partial charge in [0.1, 0.15) is 0 Å². The second-order valence-corrected chi connectivity index (χ2v) is 5.39. The zero-order valence-corrected chi connectivity index (χ0v) is 12.3. The first kappa shape index (κ1) is 18.0. The van der Waals surface area contributed by atoms with Gasteiger partial charge in [-0.25, -0.2) is 0 Å². The molecule has 0 heterocycles. The van der Waals surface area contributed by atoms with Crippen LogP contribution < -0.4 is 16.4 Å². The maximum absolute atomic E-state index is 12.4. The second-order valence-electron chi connectivity index (χ2n) is 5.39. The van der Waals surface area contributed by atoms with E-state index in [0.29, 0.717) is 0 Å². The molecule has 0 aromatic heterocycles. The summed E-state index contributed by atoms with van der Waals surface area (Å²) in [6.07, 6.45) is -4.46. The van der Waals surface area contributed by atoms with Gasteiger partial charge in [0.25, 0.3) is 5.91 Å². The Balaban J connectivity index is 2.58. The van der Waals surface area contributed by atoms with Crippen molar-refractivity contribution in [2.24, 2.45) is 5.73 Å². The normalized spacial score (nSPS) is 11.9. The van der Waals surface area contributed by atoms with Crippen LogP contribution in [-0.4, -0.2) is 30.4 Å². The molecule has 5 nitrogen and oxygen atoms in total. The van der Waals surface area contributed by atoms with Gasteiger partial charge in [-0.2, -0.15) is 13.2 Å². The summed E-state index contributed by atoms with van der Waals surface area (Å²) in [7, 11) is 0. The van der Waals surface area contributed by atoms with Gasteiger partial charge < -0.3 is 16.4 Å². The first-order valence-corrected chi connectivity index (χ1v) is 6.52. The molecule has 122 valence electrons. The Morgan fingerprint density at radius 1 is 1.14 bits per heavy atom. The lowest BCUT2D eigenvalue weighted by molar-refractivity contribution is -0.137. The van der Waals surface area contributed by atoms with Gasteiger partial charge in [0.05, 0.1) is 12.1 Å². The molecule has 0 radical (unpaired) electrons. The zero-order chi connectivity index (χ0) is 17.0. The molecule has 1 aromatic rings. The minimum Gasteiger partial charge on any atom is -0.348 e. The molecular formula is C14H18F3N3O2. The summed E-state index contributed by atoms with van der Waals surface area (Å²) < 4.78 is 37.2. The molecule has 22 heavy (non-hydrogen) atoms. The maximum Gasteiger partial charge on any atom is 0.416 e. The van der Waals surface area contributed by atoms with Crippen LogP contribution in [0, 0.1) is 0 Å². The van der Waals surface area contributed by atoms with Gasteiger partial charge in [-0.05, 0) is 38.1 Å². The van der Waals surface area contributed by atoms with Gasteiger partial charge in [0.2, 0.25) is 5.91 Å². The van der Waals surface area contributed by atoms with Crippen LogP contribution in [0.25, 0.3) is 0 Å². The Kier molecular flexibility index (Phi) is 5.54. The summed E-state index contributed by atoms with van der Waals surface area (Å²) in [4.78, 5) is 23.4. The molecule has 1 aromatic carbocycles. The number of hydrogen-bond donors (Lipinski definition) is 3. The highest BCUT2D eigenvalue weighted by atomic mass is 19.4. The summed E-state index contributed by atoms with van der Waals surface area (Å²) in [5, 5.41) is 4.94. The number of alkyl halides is 3. The summed E-state index contributed by atoms with van der Waals surface area (Å²) >= 11 is 0. The van der Waals surface area contributed by atoms with E-state index in [1.54, 1.807) is 13.8 Å². The average Bonchev–Trinajstić information content (AvgIpc) is 2.43. The number of benzene rings is 1. The Bertz CT molecular complexity index is 539. The van der Waals surface area contributed by atoms with Crippen LogP contribution in [-0.2, 0) is 11.0 Å². The standard InChI is InChI=1S/C14H18F3N3O2/c1-13(2,8-18)20-11(21)7-19-12(22)9-3-5-10(6-4-9)14(15,16)17/h3-6H,7-8,18H2,1-2H3,(H,19,22)(H,20,21). The molecule has 0 aliphatic rings. The number of amides is 2. The lowest BCUT2D eigenvalue weighted by atomic mass is 10.1. The highest BCUT2D eigenvalue weighted by Crippen LogP contribution is 2.28. The molecule has 0 saturated heterocycles. The van der Waals surface area contributed by atoms with Gasteiger partial charge in [-0.3, -0.25) is 9.59 Å². The number of halogens is 3. The zero-order valence-electron chi connectivity index (χ0n) is 12.3. The Morgan fingerprint density at radius 3 is 2.14 bits per heavy atom. The fourth-order valence-corrected chi connectivity index (χ4v) is 1.55. The van der Waals surface area contributed by atoms with Crippen LogP contribution in [0.1, 0.15) is 29.8 Å². The minimum absolute atomic E-state index is 0.0406. The van der Waals surface area contributed by atoms with E-state index in [-0.39, 0.29) is 18.7 Å². The minimum atomic E-state index is -4.46. The van der Waals surface area contributed by atoms with E-state index in [2.05, 4.69) is 10.6 Å². The topological polar surface area (TPSA) is 84.2 Å². The van der Waals surface area contributed by atoms with Gasteiger partial charge in [0.15, 0.2) is 0 Å². The number of nitrogens with one attached hydrogen (secondary N) is 2. The summed E-state index contributed by atoms with van der Waals surface area (Å²) in [6, 6.07) is 3.73. The van der Waals surface area contributed by atoms with Crippen molar-refractivity contribution in [2.45, 2.75) is 25.6 Å². The first-order valence-electron chi connectivity index (χ1n) is 6.52. The van der Waals surface area contributed by atoms with Crippen LogP contribution >= 0.6 is 0 Å². The van der Waals surface area contributed by atoms with E-state index in [0.717, 1.165) is 24.3 Å². The molecule has 0 fully saturated rings. The second kappa shape index (κ2) is 6.78. The van der Waals surface area contributed by atoms with Crippen molar-refractivity contribution < 1.29 is 22.8 Å². The lowest BCUT2D eigenvalue weighted by Gasteiger charge is -2.24. The molecule has 0 aliphatic carbocycles. The van der Waals surface area contributed by atoms with E-state index in [1.165, 1.54) is 0 Å². The molecule has 0 unspecified atom stereocenters. The number of carbonyl (C=O) groups is 2. The molecule has 0 atom stereocenters. The van der Waals surface area contributed by atoms with Gasteiger partial charge >= 0.3 is 6.18 Å². The van der Waals surface area contributed by atoms with Crippen molar-refractivity contribution >= 4 is 11.8 Å². The van der Waals surface area contributed by atoms with Crippen molar-refractivity contribution in [1.29, 1.82) is 0 Å². The first-order chi connectivity index (χ1) is 10.0. The van der Waals surface area contributed by atoms with Crippen molar-refractivity contribution in [1.82, 2.24) is 10.6 Å². The van der Waals surface area contributed by atoms with Crippen molar-refractivity contribution in [2.75, 3.05) is 13.1 Å². The smallest absolute Gasteiger partial charge is 0.348 e. The SMILES string of the molecule is CC(C)(CN)NC(=O)CNC(=O)c1ccc(C(F)(F)F)cc1. The molecule has 2 amide bonds. The predicted molar refractivity (Wildman–Crippen MR) is 75.1 cm³/mol. The number of rotatable bonds is 5. The van der Waals surface area contributed by atoms with Crippen LogP contribution in [0.15, 0.2) is 24.3 Å². The van der Waals surface area contributed by atoms with Crippen LogP contribution in [0.5, 0.6) is 0 Å². The molecule has 0 aliphatic heterocycles. The quantitative estimate of drug-likeness (QED) is 0.765. The van der Waals surface area contributed by atoms with E-state index in [1.807, 2.05) is 0 Å². The molecule has 0 saturated carbocycles. The molecular weight excluding hydrogens is 299 g/mol. The number of carbonyl (C=O) groups excluding carboxylic acids is 2. The van der Waals surface area contributed by atoms with Gasteiger partial charge in [-0.1, -0.05) is 0 Å². The molecule has 0 spiro atoms. The third-order valence-corrected chi connectivity index (χ3v) is 2.87. The van der Waals surface area contributed by atoms with E-state index in [4.69, 9.17) is 5.73 Å². The molecule has 1 rings (SSSR count). The number of hydrogen-bond acceptors (Lipinski definition) is 3. The van der Waals surface area contributed by atoms with E-state index in [9.17, 15) is 22.8 Å². The van der Waals surface area contributed by atoms with Gasteiger partial charge in [-0.15, -0.1) is 0 Å². The fourth-order valence-electron chi connectivity index (χ4n) is 1.55. The third kappa shape index (κ3) is 5.36. The van der Waals surface area contributed by atoms with Crippen LogP contribution in [0.4, 0.5) is 13.2 Å². The maximum atomic E-state index is 12.4. The van der Waals surface area contributed by atoms with Crippen molar-refractivity contribution in [3.63, 3.8) is 0 Å². The lowest BCUT2D eigenvalue weighted by Crippen LogP contribution is -2.51. The van der Waals surface area contributed by atoms with Crippen LogP contribution in [0.3, 0.4) is 0 Å². The largest absolute Gasteiger partial charge is 0.416 e. The Labute approximate surface area is 126 Å². The summed E-state index contributed by atoms with van der Waals surface area (Å²) in [6.45, 7) is 3.39. The fraction of sp³-hybridized carbons (Fsp3) is 0.429. The highest BCUT2D eigenvalue weighted by Gasteiger charge is 2.30. The highest BCUT2D eigenvalue weighted by molar-refractivity contribution is 5.96. The molecule has 4 N–H and O–H groups in total. The van der Waals surface area contributed by atoms with E-state index >= 15 is 0 Å². The van der Waals surface area contributed by atoms with Gasteiger partial charge in [0, 0.05) is 17.6 Å². The third-order valence-electron chi connectivity index (χ3n) is 2.87. The van der Waals surface area contributed by atoms with Crippen LogP contribution in [0.2, 0.25) is 0 Å². The molecule has 0 bridgehead atoms. The van der Waals surface area contributed by atoms with Crippen molar-refractivity contribution in [3.8, 4) is 0 Å². The Hall–Kier alpha value is -2.09.